The van der Waals surface area contributed by atoms with Crippen LogP contribution >= 0.6 is 0 Å². The fraction of sp³-hybridized carbons (Fsp3) is 0.444. The molecule has 2 aromatic rings. The number of piperidine rings is 3. The number of para-hydroxylation sites is 1. The maximum Gasteiger partial charge on any atom is 0.414 e. The molecule has 31 heavy (non-hydrogen) atoms. The third-order valence-electron chi connectivity index (χ3n) is 6.92. The maximum absolute atomic E-state index is 13.2. The van der Waals surface area contributed by atoms with Gasteiger partial charge in [0.15, 0.2) is 6.10 Å². The first-order valence-corrected chi connectivity index (χ1v) is 11.8. The summed E-state index contributed by atoms with van der Waals surface area (Å²) in [7, 11) is 0. The smallest absolute Gasteiger partial charge is 0.414 e. The van der Waals surface area contributed by atoms with E-state index in [1.165, 1.54) is 18.7 Å². The van der Waals surface area contributed by atoms with E-state index >= 15 is 0 Å². The average molecular weight is 420 g/mol. The van der Waals surface area contributed by atoms with Gasteiger partial charge in [-0.25, -0.2) is 4.79 Å². The van der Waals surface area contributed by atoms with Gasteiger partial charge in [0, 0.05) is 31.0 Å². The summed E-state index contributed by atoms with van der Waals surface area (Å²) in [5.74, 6) is 0.505. The summed E-state index contributed by atoms with van der Waals surface area (Å²) in [6.45, 7) is 7.18. The minimum atomic E-state index is -0.184. The van der Waals surface area contributed by atoms with Crippen LogP contribution in [0.25, 0.3) is 6.08 Å². The number of fused-ring (bicyclic) bond motifs is 3. The fourth-order valence-corrected chi connectivity index (χ4v) is 5.03. The Hall–Kier alpha value is -2.59. The van der Waals surface area contributed by atoms with Crippen molar-refractivity contribution in [3.8, 4) is 0 Å². The largest absolute Gasteiger partial charge is 0.440 e. The number of hydrogen-bond acceptors (Lipinski definition) is 2. The number of rotatable bonds is 8. The molecule has 2 bridgehead atoms. The van der Waals surface area contributed by atoms with Gasteiger partial charge in [0.05, 0.1) is 19.6 Å². The van der Waals surface area contributed by atoms with Gasteiger partial charge in [0.2, 0.25) is 0 Å². The summed E-state index contributed by atoms with van der Waals surface area (Å²) in [5, 5.41) is 0. The van der Waals surface area contributed by atoms with E-state index in [-0.39, 0.29) is 12.2 Å². The second-order valence-electron chi connectivity index (χ2n) is 9.07. The number of carbonyl (C=O) groups is 1. The fourth-order valence-electron chi connectivity index (χ4n) is 5.03. The van der Waals surface area contributed by atoms with E-state index in [1.54, 1.807) is 0 Å². The molecule has 3 aliphatic heterocycles. The Labute approximate surface area is 186 Å². The topological polar surface area (TPSA) is 29.5 Å². The summed E-state index contributed by atoms with van der Waals surface area (Å²) in [6.07, 6.45) is 8.69. The molecule has 3 fully saturated rings. The van der Waals surface area contributed by atoms with Crippen LogP contribution < -0.4 is 4.90 Å². The monoisotopic (exact) mass is 419 g/mol. The van der Waals surface area contributed by atoms with E-state index in [2.05, 4.69) is 43.3 Å². The number of anilines is 1. The first kappa shape index (κ1) is 21.6. The summed E-state index contributed by atoms with van der Waals surface area (Å²) < 4.78 is 7.22. The Bertz CT molecular complexity index is 857. The van der Waals surface area contributed by atoms with Crippen molar-refractivity contribution in [1.29, 1.82) is 0 Å². The number of carbonyl (C=O) groups excluding carboxylic acids is 1. The predicted octanol–water partition coefficient (Wildman–Crippen LogP) is 5.75. The zero-order valence-corrected chi connectivity index (χ0v) is 18.7. The van der Waals surface area contributed by atoms with Crippen LogP contribution in [0, 0.1) is 5.92 Å². The molecule has 3 aliphatic rings. The first-order valence-electron chi connectivity index (χ1n) is 11.8. The lowest BCUT2D eigenvalue weighted by molar-refractivity contribution is -0.941. The van der Waals surface area contributed by atoms with Crippen molar-refractivity contribution in [2.45, 2.75) is 38.7 Å². The van der Waals surface area contributed by atoms with Crippen molar-refractivity contribution in [1.82, 2.24) is 0 Å². The number of hydrogen-bond donors (Lipinski definition) is 0. The quantitative estimate of drug-likeness (QED) is 0.510. The average Bonchev–Trinajstić information content (AvgIpc) is 2.81. The van der Waals surface area contributed by atoms with Crippen LogP contribution in [0.3, 0.4) is 0 Å². The number of benzene rings is 2. The summed E-state index contributed by atoms with van der Waals surface area (Å²) in [4.78, 5) is 15.0. The lowest BCUT2D eigenvalue weighted by Crippen LogP contribution is -2.64. The molecule has 2 aromatic carbocycles. The number of quaternary nitrogens is 1. The molecule has 1 unspecified atom stereocenters. The highest BCUT2D eigenvalue weighted by atomic mass is 16.6. The van der Waals surface area contributed by atoms with Crippen LogP contribution in [0.15, 0.2) is 66.7 Å². The molecule has 0 spiro atoms. The molecule has 4 nitrogen and oxygen atoms in total. The van der Waals surface area contributed by atoms with Crippen molar-refractivity contribution in [2.24, 2.45) is 5.92 Å². The Balaban J connectivity index is 1.41. The Morgan fingerprint density at radius 1 is 1.06 bits per heavy atom. The minimum absolute atomic E-state index is 0.0213. The maximum atomic E-state index is 13.2. The van der Waals surface area contributed by atoms with Gasteiger partial charge in [-0.05, 0) is 30.2 Å². The van der Waals surface area contributed by atoms with E-state index in [0.717, 1.165) is 48.9 Å². The van der Waals surface area contributed by atoms with E-state index in [1.807, 2.05) is 41.3 Å². The Kier molecular flexibility index (Phi) is 7.08. The number of unbranched alkanes of at least 4 members (excludes halogenated alkanes) is 1. The molecular weight excluding hydrogens is 384 g/mol. The van der Waals surface area contributed by atoms with E-state index in [4.69, 9.17) is 4.74 Å². The molecule has 0 aromatic heterocycles. The third-order valence-corrected chi connectivity index (χ3v) is 6.92. The molecule has 0 N–H and O–H groups in total. The molecule has 0 radical (unpaired) electrons. The molecule has 164 valence electrons. The highest BCUT2D eigenvalue weighted by Crippen LogP contribution is 2.36. The molecule has 0 aliphatic carbocycles. The molecular formula is C27H35N2O2+. The van der Waals surface area contributed by atoms with Crippen LogP contribution in [-0.4, -0.2) is 49.4 Å². The molecule has 5 rings (SSSR count). The number of ether oxygens (including phenoxy) is 1. The van der Waals surface area contributed by atoms with Crippen LogP contribution in [-0.2, 0) is 4.74 Å². The standard InChI is InChI=1S/C27H35N2O2/c1-2-3-18-28(25-14-8-5-9-15-25)27(30)31-26-22-29(20-16-24(26)17-21-29)19-10-13-23-11-6-4-7-12-23/h4-15,24,26H,2-3,16-22H2,1H3/q+1/b13-10+. The zero-order chi connectivity index (χ0) is 21.5. The molecule has 4 heteroatoms. The SMILES string of the molecule is CCCCN(C(=O)OC1C[N+]2(C/C=C/c3ccccc3)CCC1CC2)c1ccccc1. The van der Waals surface area contributed by atoms with Gasteiger partial charge >= 0.3 is 6.09 Å². The van der Waals surface area contributed by atoms with Gasteiger partial charge in [0.1, 0.15) is 6.54 Å². The number of amides is 1. The molecule has 3 heterocycles. The lowest BCUT2D eigenvalue weighted by atomic mass is 9.83. The molecule has 0 saturated carbocycles. The van der Waals surface area contributed by atoms with Gasteiger partial charge in [-0.15, -0.1) is 0 Å². The summed E-state index contributed by atoms with van der Waals surface area (Å²) in [5.41, 5.74) is 2.17. The molecule has 1 amide bonds. The summed E-state index contributed by atoms with van der Waals surface area (Å²) >= 11 is 0. The van der Waals surface area contributed by atoms with Crippen molar-refractivity contribution < 1.29 is 14.0 Å². The highest BCUT2D eigenvalue weighted by Gasteiger charge is 2.47. The van der Waals surface area contributed by atoms with Crippen LogP contribution in [0.1, 0.15) is 38.2 Å². The van der Waals surface area contributed by atoms with Crippen molar-refractivity contribution in [3.63, 3.8) is 0 Å². The Morgan fingerprint density at radius 3 is 2.42 bits per heavy atom. The van der Waals surface area contributed by atoms with Gasteiger partial charge in [-0.1, -0.05) is 68.0 Å². The van der Waals surface area contributed by atoms with E-state index in [9.17, 15) is 4.79 Å². The van der Waals surface area contributed by atoms with Crippen LogP contribution in [0.5, 0.6) is 0 Å². The van der Waals surface area contributed by atoms with Gasteiger partial charge in [-0.2, -0.15) is 0 Å². The van der Waals surface area contributed by atoms with Gasteiger partial charge < -0.3 is 9.22 Å². The van der Waals surface area contributed by atoms with Crippen LogP contribution in [0.2, 0.25) is 0 Å². The van der Waals surface area contributed by atoms with Crippen molar-refractivity contribution in [3.05, 3.63) is 72.3 Å². The molecule has 3 saturated heterocycles. The third kappa shape index (κ3) is 5.37. The first-order chi connectivity index (χ1) is 15.2. The van der Waals surface area contributed by atoms with Gasteiger partial charge in [-0.3, -0.25) is 4.90 Å². The number of nitrogens with zero attached hydrogens (tertiary/aromatic N) is 2. The normalized spacial score (nSPS) is 24.9. The van der Waals surface area contributed by atoms with E-state index < -0.39 is 0 Å². The van der Waals surface area contributed by atoms with E-state index in [0.29, 0.717) is 12.5 Å². The van der Waals surface area contributed by atoms with Crippen molar-refractivity contribution in [2.75, 3.05) is 37.6 Å². The van der Waals surface area contributed by atoms with Gasteiger partial charge in [0.25, 0.3) is 0 Å². The second kappa shape index (κ2) is 10.1. The van der Waals surface area contributed by atoms with Crippen LogP contribution in [0.4, 0.5) is 10.5 Å². The highest BCUT2D eigenvalue weighted by molar-refractivity contribution is 5.87. The predicted molar refractivity (Wildman–Crippen MR) is 127 cm³/mol. The lowest BCUT2D eigenvalue weighted by Gasteiger charge is -2.51. The zero-order valence-electron chi connectivity index (χ0n) is 18.7. The van der Waals surface area contributed by atoms with Crippen molar-refractivity contribution >= 4 is 17.9 Å². The molecule has 1 atom stereocenters. The minimum Gasteiger partial charge on any atom is -0.440 e. The second-order valence-corrected chi connectivity index (χ2v) is 9.07. The summed E-state index contributed by atoms with van der Waals surface area (Å²) in [6, 6.07) is 20.4. The Morgan fingerprint density at radius 2 is 1.74 bits per heavy atom.